The summed E-state index contributed by atoms with van der Waals surface area (Å²) in [6, 6.07) is 12.2. The number of aromatic nitrogens is 2. The molecule has 1 aromatic heterocycles. The van der Waals surface area contributed by atoms with Crippen LogP contribution >= 0.6 is 0 Å². The van der Waals surface area contributed by atoms with Crippen molar-refractivity contribution >= 4 is 5.91 Å². The Morgan fingerprint density at radius 3 is 2.36 bits per heavy atom. The lowest BCUT2D eigenvalue weighted by molar-refractivity contribution is 0.0953. The zero-order chi connectivity index (χ0) is 20.0. The number of nitrogens with zero attached hydrogens (tertiary/aromatic N) is 2. The quantitative estimate of drug-likeness (QED) is 0.719. The summed E-state index contributed by atoms with van der Waals surface area (Å²) in [6.07, 6.45) is 0.771. The third-order valence-electron chi connectivity index (χ3n) is 5.03. The fourth-order valence-corrected chi connectivity index (χ4v) is 3.97. The van der Waals surface area contributed by atoms with Gasteiger partial charge in [-0.1, -0.05) is 32.0 Å². The molecule has 1 amide bonds. The summed E-state index contributed by atoms with van der Waals surface area (Å²) in [7, 11) is 0. The highest BCUT2D eigenvalue weighted by molar-refractivity contribution is 5.99. The highest BCUT2D eigenvalue weighted by atomic mass is 19.1. The van der Waals surface area contributed by atoms with Crippen LogP contribution in [0.4, 0.5) is 4.39 Å². The molecular weight excluding hydrogens is 353 g/mol. The SMILES string of the molecule is Cc1cc(C)cc(-n2nc(CC(C)C)c3c2C(=O)NC3c2ccc(F)cc2)c1. The van der Waals surface area contributed by atoms with E-state index in [1.807, 2.05) is 26.0 Å². The van der Waals surface area contributed by atoms with Gasteiger partial charge in [0.15, 0.2) is 0 Å². The van der Waals surface area contributed by atoms with Crippen LogP contribution in [0.15, 0.2) is 42.5 Å². The second-order valence-corrected chi connectivity index (χ2v) is 8.02. The molecule has 1 atom stereocenters. The Kier molecular flexibility index (Phi) is 4.53. The van der Waals surface area contributed by atoms with Crippen molar-refractivity contribution in [1.82, 2.24) is 15.1 Å². The van der Waals surface area contributed by atoms with Gasteiger partial charge in [-0.2, -0.15) is 5.10 Å². The van der Waals surface area contributed by atoms with E-state index in [2.05, 4.69) is 25.2 Å². The van der Waals surface area contributed by atoms with Gasteiger partial charge in [-0.15, -0.1) is 0 Å². The molecule has 0 fully saturated rings. The number of nitrogens with one attached hydrogen (secondary N) is 1. The van der Waals surface area contributed by atoms with Crippen LogP contribution in [0.3, 0.4) is 0 Å². The van der Waals surface area contributed by atoms with E-state index in [4.69, 9.17) is 5.10 Å². The summed E-state index contributed by atoms with van der Waals surface area (Å²) in [4.78, 5) is 12.9. The number of benzene rings is 2. The maximum absolute atomic E-state index is 13.4. The molecule has 0 saturated carbocycles. The Bertz CT molecular complexity index is 1030. The number of hydrogen-bond donors (Lipinski definition) is 1. The van der Waals surface area contributed by atoms with E-state index in [1.54, 1.807) is 16.8 Å². The number of halogens is 1. The summed E-state index contributed by atoms with van der Waals surface area (Å²) in [5.74, 6) is -0.0381. The molecule has 1 aliphatic heterocycles. The lowest BCUT2D eigenvalue weighted by Gasteiger charge is -2.14. The van der Waals surface area contributed by atoms with Crippen LogP contribution in [0.1, 0.15) is 58.3 Å². The van der Waals surface area contributed by atoms with E-state index in [0.717, 1.165) is 40.1 Å². The fourth-order valence-electron chi connectivity index (χ4n) is 3.97. The molecule has 4 nitrogen and oxygen atoms in total. The van der Waals surface area contributed by atoms with Gasteiger partial charge >= 0.3 is 0 Å². The van der Waals surface area contributed by atoms with Gasteiger partial charge in [0.1, 0.15) is 11.5 Å². The van der Waals surface area contributed by atoms with Crippen LogP contribution < -0.4 is 5.32 Å². The molecule has 4 rings (SSSR count). The Hall–Kier alpha value is -2.95. The Morgan fingerprint density at radius 2 is 1.75 bits per heavy atom. The zero-order valence-corrected chi connectivity index (χ0v) is 16.6. The van der Waals surface area contributed by atoms with Gasteiger partial charge in [-0.3, -0.25) is 4.79 Å². The molecule has 0 saturated heterocycles. The number of amides is 1. The van der Waals surface area contributed by atoms with Crippen molar-refractivity contribution < 1.29 is 9.18 Å². The fraction of sp³-hybridized carbons (Fsp3) is 0.304. The highest BCUT2D eigenvalue weighted by Gasteiger charge is 2.37. The topological polar surface area (TPSA) is 46.9 Å². The molecular formula is C23H24FN3O. The number of hydrogen-bond acceptors (Lipinski definition) is 2. The van der Waals surface area contributed by atoms with Crippen LogP contribution in [0.5, 0.6) is 0 Å². The lowest BCUT2D eigenvalue weighted by atomic mass is 9.96. The van der Waals surface area contributed by atoms with E-state index in [1.165, 1.54) is 12.1 Å². The first kappa shape index (κ1) is 18.4. The number of carbonyl (C=O) groups is 1. The first-order chi connectivity index (χ1) is 13.3. The monoisotopic (exact) mass is 377 g/mol. The second-order valence-electron chi connectivity index (χ2n) is 8.02. The molecule has 1 unspecified atom stereocenters. The third kappa shape index (κ3) is 3.21. The molecule has 2 heterocycles. The van der Waals surface area contributed by atoms with Crippen LogP contribution in [0, 0.1) is 25.6 Å². The summed E-state index contributed by atoms with van der Waals surface area (Å²) in [5, 5.41) is 7.92. The maximum atomic E-state index is 13.4. The summed E-state index contributed by atoms with van der Waals surface area (Å²) in [5.41, 5.74) is 6.39. The molecule has 1 N–H and O–H groups in total. The normalized spacial score (nSPS) is 15.8. The first-order valence-electron chi connectivity index (χ1n) is 9.60. The number of fused-ring (bicyclic) bond motifs is 1. The minimum Gasteiger partial charge on any atom is -0.340 e. The average molecular weight is 377 g/mol. The maximum Gasteiger partial charge on any atom is 0.271 e. The third-order valence-corrected chi connectivity index (χ3v) is 5.03. The predicted octanol–water partition coefficient (Wildman–Crippen LogP) is 4.66. The standard InChI is InChI=1S/C23H24FN3O/c1-13(2)9-19-20-21(16-5-7-17(24)8-6-16)25-23(28)22(20)27(26-19)18-11-14(3)10-15(4)12-18/h5-8,10-13,21H,9H2,1-4H3,(H,25,28). The number of aryl methyl sites for hydroxylation is 2. The highest BCUT2D eigenvalue weighted by Crippen LogP contribution is 2.36. The molecule has 2 aromatic carbocycles. The van der Waals surface area contributed by atoms with E-state index in [0.29, 0.717) is 11.6 Å². The van der Waals surface area contributed by atoms with Crippen molar-refractivity contribution in [3.05, 3.63) is 81.9 Å². The molecule has 1 aliphatic rings. The second kappa shape index (κ2) is 6.89. The smallest absolute Gasteiger partial charge is 0.271 e. The van der Waals surface area contributed by atoms with Gasteiger partial charge in [0.2, 0.25) is 0 Å². The van der Waals surface area contributed by atoms with Crippen molar-refractivity contribution in [2.24, 2.45) is 5.92 Å². The van der Waals surface area contributed by atoms with Gasteiger partial charge < -0.3 is 5.32 Å². The van der Waals surface area contributed by atoms with E-state index < -0.39 is 0 Å². The minimum absolute atomic E-state index is 0.147. The van der Waals surface area contributed by atoms with Gasteiger partial charge in [0.05, 0.1) is 17.4 Å². The zero-order valence-electron chi connectivity index (χ0n) is 16.6. The Balaban J connectivity index is 1.91. The molecule has 144 valence electrons. The molecule has 0 radical (unpaired) electrons. The summed E-state index contributed by atoms with van der Waals surface area (Å²) < 4.78 is 15.2. The van der Waals surface area contributed by atoms with Crippen molar-refractivity contribution in [2.75, 3.05) is 0 Å². The minimum atomic E-state index is -0.309. The average Bonchev–Trinajstić information content (AvgIpc) is 3.14. The molecule has 0 spiro atoms. The van der Waals surface area contributed by atoms with E-state index in [-0.39, 0.29) is 17.8 Å². The van der Waals surface area contributed by atoms with Crippen LogP contribution in [0.2, 0.25) is 0 Å². The van der Waals surface area contributed by atoms with Gasteiger partial charge in [-0.25, -0.2) is 9.07 Å². The number of carbonyl (C=O) groups excluding carboxylic acids is 1. The van der Waals surface area contributed by atoms with Gasteiger partial charge in [0.25, 0.3) is 5.91 Å². The van der Waals surface area contributed by atoms with Gasteiger partial charge in [-0.05, 0) is 67.1 Å². The molecule has 28 heavy (non-hydrogen) atoms. The van der Waals surface area contributed by atoms with Crippen LogP contribution in [0.25, 0.3) is 5.69 Å². The largest absolute Gasteiger partial charge is 0.340 e. The summed E-state index contributed by atoms with van der Waals surface area (Å²) in [6.45, 7) is 8.35. The Labute approximate surface area is 164 Å². The van der Waals surface area contributed by atoms with Crippen molar-refractivity contribution in [1.29, 1.82) is 0 Å². The molecule has 0 bridgehead atoms. The number of rotatable bonds is 4. The molecule has 3 aromatic rings. The molecule has 0 aliphatic carbocycles. The van der Waals surface area contributed by atoms with Gasteiger partial charge in [0, 0.05) is 5.56 Å². The van der Waals surface area contributed by atoms with Crippen LogP contribution in [-0.4, -0.2) is 15.7 Å². The van der Waals surface area contributed by atoms with E-state index in [9.17, 15) is 9.18 Å². The van der Waals surface area contributed by atoms with E-state index >= 15 is 0 Å². The van der Waals surface area contributed by atoms with Crippen molar-refractivity contribution in [2.45, 2.75) is 40.2 Å². The van der Waals surface area contributed by atoms with Crippen molar-refractivity contribution in [3.8, 4) is 5.69 Å². The van der Waals surface area contributed by atoms with Crippen molar-refractivity contribution in [3.63, 3.8) is 0 Å². The summed E-state index contributed by atoms with van der Waals surface area (Å²) >= 11 is 0. The lowest BCUT2D eigenvalue weighted by Crippen LogP contribution is -2.23. The predicted molar refractivity (Wildman–Crippen MR) is 107 cm³/mol. The first-order valence-corrected chi connectivity index (χ1v) is 9.60. The Morgan fingerprint density at radius 1 is 1.11 bits per heavy atom. The molecule has 5 heteroatoms. The van der Waals surface area contributed by atoms with Crippen LogP contribution in [-0.2, 0) is 6.42 Å².